The number of fused-ring (bicyclic) bond motifs is 3. The molecule has 11 heteroatoms. The van der Waals surface area contributed by atoms with Crippen molar-refractivity contribution in [2.24, 2.45) is 13.0 Å². The first-order valence-electron chi connectivity index (χ1n) is 17.4. The zero-order chi connectivity index (χ0) is 31.3. The zero-order valence-corrected chi connectivity index (χ0v) is 26.9. The molecule has 0 spiro atoms. The Morgan fingerprint density at radius 2 is 1.85 bits per heavy atom. The molecule has 2 aromatic heterocycles. The summed E-state index contributed by atoms with van der Waals surface area (Å²) >= 11 is 0. The fourth-order valence-electron chi connectivity index (χ4n) is 9.69. The first-order valence-corrected chi connectivity index (χ1v) is 17.4. The van der Waals surface area contributed by atoms with Crippen molar-refractivity contribution in [1.29, 1.82) is 0 Å². The third kappa shape index (κ3) is 4.71. The maximum absolute atomic E-state index is 14.6. The average molecular weight is 631 g/mol. The molecule has 6 aliphatic rings. The standard InChI is InChI=1S/C35H44F2N8O/c1-21(46)42-11-7-30-29(20-42)35(39-45(30)25-5-9-41(10-6-25)18-22-12-26-15-33-32(13-22)44(26)33)43-8-3-4-23-14-27(24-17-38-40(2)19-24)28(34(36)37)16-31(23)43/h14,16-17,19,22,25-26,32-34H,3-13,15,18,20H2,1-2H3. The van der Waals surface area contributed by atoms with Crippen LogP contribution in [0, 0.1) is 5.92 Å². The minimum absolute atomic E-state index is 0.0225. The number of hydrogen-bond acceptors (Lipinski definition) is 6. The van der Waals surface area contributed by atoms with Crippen LogP contribution in [0.4, 0.5) is 20.3 Å². The molecule has 0 radical (unpaired) electrons. The highest BCUT2D eigenvalue weighted by atomic mass is 19.3. The fourth-order valence-corrected chi connectivity index (χ4v) is 9.69. The Labute approximate surface area is 269 Å². The third-order valence-corrected chi connectivity index (χ3v) is 12.0. The quantitative estimate of drug-likeness (QED) is 0.354. The van der Waals surface area contributed by atoms with Crippen molar-refractivity contribution in [1.82, 2.24) is 34.3 Å². The Morgan fingerprint density at radius 3 is 2.59 bits per heavy atom. The van der Waals surface area contributed by atoms with E-state index in [4.69, 9.17) is 5.10 Å². The Kier molecular flexibility index (Phi) is 6.82. The summed E-state index contributed by atoms with van der Waals surface area (Å²) in [7, 11) is 1.80. The summed E-state index contributed by atoms with van der Waals surface area (Å²) in [6.07, 6.45) is 9.69. The van der Waals surface area contributed by atoms with Crippen molar-refractivity contribution >= 4 is 17.4 Å². The van der Waals surface area contributed by atoms with Crippen LogP contribution in [0.5, 0.6) is 0 Å². The van der Waals surface area contributed by atoms with Crippen LogP contribution in [0.1, 0.15) is 80.3 Å². The SMILES string of the molecule is CC(=O)N1CCc2c(c(N3CCCc4cc(-c5cnn(C)c5)c(C(F)F)cc43)nn2C2CCN(CC3CC4CC5C(C3)N45)CC2)C1. The lowest BCUT2D eigenvalue weighted by Crippen LogP contribution is -2.42. The molecule has 0 bridgehead atoms. The molecule has 9 rings (SSSR count). The van der Waals surface area contributed by atoms with E-state index in [2.05, 4.69) is 24.5 Å². The first kappa shape index (κ1) is 28.9. The summed E-state index contributed by atoms with van der Waals surface area (Å²) in [6, 6.07) is 6.63. The van der Waals surface area contributed by atoms with E-state index < -0.39 is 6.43 Å². The molecule has 3 aromatic rings. The van der Waals surface area contributed by atoms with Crippen molar-refractivity contribution < 1.29 is 13.6 Å². The number of hydrogen-bond donors (Lipinski definition) is 0. The molecule has 0 N–H and O–H groups in total. The van der Waals surface area contributed by atoms with Gasteiger partial charge in [-0.05, 0) is 74.1 Å². The van der Waals surface area contributed by atoms with E-state index in [1.807, 2.05) is 11.0 Å². The maximum Gasteiger partial charge on any atom is 0.264 e. The predicted octanol–water partition coefficient (Wildman–Crippen LogP) is 5.08. The number of nitrogens with zero attached hydrogens (tertiary/aromatic N) is 8. The lowest BCUT2D eigenvalue weighted by Gasteiger charge is -2.38. The van der Waals surface area contributed by atoms with Crippen LogP contribution in [0.2, 0.25) is 0 Å². The third-order valence-electron chi connectivity index (χ3n) is 12.0. The summed E-state index contributed by atoms with van der Waals surface area (Å²) < 4.78 is 33.1. The number of carbonyl (C=O) groups is 1. The molecule has 4 saturated heterocycles. The van der Waals surface area contributed by atoms with Gasteiger partial charge < -0.3 is 14.7 Å². The van der Waals surface area contributed by atoms with Gasteiger partial charge in [0.1, 0.15) is 0 Å². The van der Waals surface area contributed by atoms with Gasteiger partial charge in [-0.3, -0.25) is 19.1 Å². The van der Waals surface area contributed by atoms with Crippen molar-refractivity contribution in [3.63, 3.8) is 0 Å². The smallest absolute Gasteiger partial charge is 0.264 e. The van der Waals surface area contributed by atoms with Crippen LogP contribution in [0.25, 0.3) is 11.1 Å². The second-order valence-electron chi connectivity index (χ2n) is 14.8. The van der Waals surface area contributed by atoms with Crippen molar-refractivity contribution in [2.75, 3.05) is 37.6 Å². The molecular weight excluding hydrogens is 586 g/mol. The van der Waals surface area contributed by atoms with Crippen molar-refractivity contribution in [2.45, 2.75) is 95.4 Å². The van der Waals surface area contributed by atoms with E-state index in [1.54, 1.807) is 37.1 Å². The van der Waals surface area contributed by atoms with E-state index in [1.165, 1.54) is 31.5 Å². The molecule has 4 fully saturated rings. The second kappa shape index (κ2) is 10.9. The van der Waals surface area contributed by atoms with Gasteiger partial charge in [0.15, 0.2) is 5.82 Å². The van der Waals surface area contributed by atoms with Gasteiger partial charge in [-0.1, -0.05) is 0 Å². The van der Waals surface area contributed by atoms with Gasteiger partial charge in [0.05, 0.1) is 18.8 Å². The highest BCUT2D eigenvalue weighted by molar-refractivity contribution is 5.78. The van der Waals surface area contributed by atoms with Crippen molar-refractivity contribution in [3.05, 3.63) is 46.9 Å². The lowest BCUT2D eigenvalue weighted by molar-refractivity contribution is -0.129. The molecule has 9 nitrogen and oxygen atoms in total. The summed E-state index contributed by atoms with van der Waals surface area (Å²) in [4.78, 5) is 22.0. The van der Waals surface area contributed by atoms with Gasteiger partial charge in [0, 0.05) is 106 Å². The molecule has 5 unspecified atom stereocenters. The molecule has 0 aliphatic carbocycles. The highest BCUT2D eigenvalue weighted by Gasteiger charge is 2.63. The molecular formula is C35H44F2N8O. The maximum atomic E-state index is 14.6. The van der Waals surface area contributed by atoms with Crippen LogP contribution in [-0.2, 0) is 31.2 Å². The Morgan fingerprint density at radius 1 is 1.02 bits per heavy atom. The molecule has 5 atom stereocenters. The van der Waals surface area contributed by atoms with Gasteiger partial charge in [-0.2, -0.15) is 10.2 Å². The number of aromatic nitrogens is 4. The largest absolute Gasteiger partial charge is 0.338 e. The predicted molar refractivity (Wildman–Crippen MR) is 171 cm³/mol. The zero-order valence-electron chi connectivity index (χ0n) is 26.9. The number of likely N-dealkylation sites (tertiary alicyclic amines) is 1. The number of carbonyl (C=O) groups excluding carboxylic acids is 1. The summed E-state index contributed by atoms with van der Waals surface area (Å²) in [5.74, 6) is 1.74. The Bertz CT molecular complexity index is 1670. The topological polar surface area (TPSA) is 65.4 Å². The Balaban J connectivity index is 1.01. The number of aryl methyl sites for hydroxylation is 2. The van der Waals surface area contributed by atoms with E-state index in [0.29, 0.717) is 36.8 Å². The van der Waals surface area contributed by atoms with Crippen LogP contribution in [0.3, 0.4) is 0 Å². The first-order chi connectivity index (χ1) is 22.3. The molecule has 6 aliphatic heterocycles. The van der Waals surface area contributed by atoms with E-state index in [9.17, 15) is 13.6 Å². The summed E-state index contributed by atoms with van der Waals surface area (Å²) in [5.41, 5.74) is 5.45. The average Bonchev–Trinajstić information content (AvgIpc) is 3.27. The number of benzene rings is 1. The minimum atomic E-state index is -2.61. The summed E-state index contributed by atoms with van der Waals surface area (Å²) in [6.45, 7) is 6.96. The van der Waals surface area contributed by atoms with E-state index in [0.717, 1.165) is 91.9 Å². The van der Waals surface area contributed by atoms with E-state index >= 15 is 0 Å². The van der Waals surface area contributed by atoms with Gasteiger partial charge in [0.2, 0.25) is 5.91 Å². The highest BCUT2D eigenvalue weighted by Crippen LogP contribution is 2.55. The normalized spacial score (nSPS) is 28.9. The number of halogens is 2. The number of anilines is 2. The van der Waals surface area contributed by atoms with Crippen LogP contribution in [0.15, 0.2) is 24.5 Å². The number of rotatable bonds is 6. The van der Waals surface area contributed by atoms with Crippen LogP contribution in [-0.4, -0.2) is 91.0 Å². The van der Waals surface area contributed by atoms with Gasteiger partial charge in [-0.15, -0.1) is 0 Å². The lowest BCUT2D eigenvalue weighted by atomic mass is 9.91. The van der Waals surface area contributed by atoms with Gasteiger partial charge in [-0.25, -0.2) is 8.78 Å². The molecule has 244 valence electrons. The van der Waals surface area contributed by atoms with Crippen molar-refractivity contribution in [3.8, 4) is 11.1 Å². The minimum Gasteiger partial charge on any atom is -0.338 e. The molecule has 0 saturated carbocycles. The van der Waals surface area contributed by atoms with Gasteiger partial charge in [0.25, 0.3) is 6.43 Å². The molecule has 46 heavy (non-hydrogen) atoms. The van der Waals surface area contributed by atoms with E-state index in [-0.39, 0.29) is 11.5 Å². The number of piperidine rings is 2. The molecule has 8 heterocycles. The molecule has 1 aromatic carbocycles. The monoisotopic (exact) mass is 630 g/mol. The molecule has 1 amide bonds. The van der Waals surface area contributed by atoms with Crippen LogP contribution < -0.4 is 4.90 Å². The summed E-state index contributed by atoms with van der Waals surface area (Å²) in [5, 5.41) is 9.58. The fraction of sp³-hybridized carbons (Fsp3) is 0.629. The second-order valence-corrected chi connectivity index (χ2v) is 14.8. The number of amides is 1. The number of alkyl halides is 2. The Hall–Kier alpha value is -3.31. The van der Waals surface area contributed by atoms with Crippen LogP contribution >= 0.6 is 0 Å². The van der Waals surface area contributed by atoms with Gasteiger partial charge >= 0.3 is 0 Å².